The van der Waals surface area contributed by atoms with E-state index in [-0.39, 0.29) is 5.92 Å². The van der Waals surface area contributed by atoms with Crippen LogP contribution in [-0.2, 0) is 17.6 Å². The van der Waals surface area contributed by atoms with E-state index < -0.39 is 0 Å². The average Bonchev–Trinajstić information content (AvgIpc) is 3.51. The lowest BCUT2D eigenvalue weighted by Gasteiger charge is -2.26. The van der Waals surface area contributed by atoms with Gasteiger partial charge in [0.25, 0.3) is 0 Å². The average molecular weight is 419 g/mol. The molecule has 6 rings (SSSR count). The van der Waals surface area contributed by atoms with Gasteiger partial charge in [0.1, 0.15) is 17.0 Å². The standard InChI is InChI=1S/C22H22N6OS/c29-22(28-7-1-2-8-28)13-3-5-16-18(10-13)30-21-19(16)20(23-12-24-21)26-15-4-6-17-14(9-15)11-25-27-17/h4,6,9,11-13H,1-3,5,7-8,10H2,(H,25,27)(H,23,24,26). The van der Waals surface area contributed by atoms with Crippen LogP contribution in [-0.4, -0.2) is 44.1 Å². The van der Waals surface area contributed by atoms with Gasteiger partial charge in [0.15, 0.2) is 0 Å². The zero-order valence-electron chi connectivity index (χ0n) is 16.5. The number of aromatic nitrogens is 4. The summed E-state index contributed by atoms with van der Waals surface area (Å²) in [6.45, 7) is 1.85. The minimum absolute atomic E-state index is 0.108. The lowest BCUT2D eigenvalue weighted by atomic mass is 9.87. The molecule has 4 aromatic rings. The Morgan fingerprint density at radius 3 is 3.03 bits per heavy atom. The van der Waals surface area contributed by atoms with E-state index in [4.69, 9.17) is 0 Å². The quantitative estimate of drug-likeness (QED) is 0.524. The molecule has 3 aromatic heterocycles. The van der Waals surface area contributed by atoms with Crippen LogP contribution in [0.2, 0.25) is 0 Å². The lowest BCUT2D eigenvalue weighted by molar-refractivity contribution is -0.134. The summed E-state index contributed by atoms with van der Waals surface area (Å²) in [6.07, 6.45) is 8.36. The van der Waals surface area contributed by atoms with Crippen molar-refractivity contribution in [2.24, 2.45) is 5.92 Å². The molecule has 152 valence electrons. The van der Waals surface area contributed by atoms with Gasteiger partial charge in [-0.1, -0.05) is 0 Å². The van der Waals surface area contributed by atoms with E-state index in [0.29, 0.717) is 5.91 Å². The van der Waals surface area contributed by atoms with Gasteiger partial charge in [0, 0.05) is 35.0 Å². The van der Waals surface area contributed by atoms with E-state index in [1.165, 1.54) is 10.4 Å². The number of amides is 1. The highest BCUT2D eigenvalue weighted by Crippen LogP contribution is 2.41. The Kier molecular flexibility index (Phi) is 4.19. The van der Waals surface area contributed by atoms with Gasteiger partial charge in [-0.3, -0.25) is 9.89 Å². The fraction of sp³-hybridized carbons (Fsp3) is 0.364. The molecule has 30 heavy (non-hydrogen) atoms. The number of H-pyrrole nitrogens is 1. The number of fused-ring (bicyclic) bond motifs is 4. The lowest BCUT2D eigenvalue weighted by Crippen LogP contribution is -2.36. The Labute approximate surface area is 177 Å². The fourth-order valence-electron chi connectivity index (χ4n) is 4.77. The summed E-state index contributed by atoms with van der Waals surface area (Å²) >= 11 is 1.72. The molecule has 2 aliphatic rings. The highest BCUT2D eigenvalue weighted by molar-refractivity contribution is 7.19. The van der Waals surface area contributed by atoms with E-state index in [2.05, 4.69) is 36.4 Å². The zero-order chi connectivity index (χ0) is 20.1. The van der Waals surface area contributed by atoms with Crippen LogP contribution in [0.5, 0.6) is 0 Å². The molecule has 7 nitrogen and oxygen atoms in total. The maximum Gasteiger partial charge on any atom is 0.226 e. The van der Waals surface area contributed by atoms with Crippen LogP contribution in [0.15, 0.2) is 30.7 Å². The Bertz CT molecular complexity index is 1260. The molecule has 1 atom stereocenters. The maximum absolute atomic E-state index is 12.9. The van der Waals surface area contributed by atoms with Crippen LogP contribution in [0, 0.1) is 5.92 Å². The minimum atomic E-state index is 0.108. The normalized spacial score (nSPS) is 18.8. The molecule has 2 N–H and O–H groups in total. The molecule has 1 aliphatic heterocycles. The molecular formula is C22H22N6OS. The number of anilines is 2. The Balaban J connectivity index is 1.32. The van der Waals surface area contributed by atoms with Crippen molar-refractivity contribution in [3.05, 3.63) is 41.2 Å². The Morgan fingerprint density at radius 2 is 2.13 bits per heavy atom. The molecular weight excluding hydrogens is 396 g/mol. The molecule has 8 heteroatoms. The van der Waals surface area contributed by atoms with E-state index in [1.807, 2.05) is 18.3 Å². The molecule has 1 fully saturated rings. The van der Waals surface area contributed by atoms with Gasteiger partial charge in [-0.2, -0.15) is 5.10 Å². The number of aromatic amines is 1. The largest absolute Gasteiger partial charge is 0.342 e. The summed E-state index contributed by atoms with van der Waals surface area (Å²) in [4.78, 5) is 26.3. The number of carbonyl (C=O) groups is 1. The third-order valence-corrected chi connectivity index (χ3v) is 7.48. The van der Waals surface area contributed by atoms with Gasteiger partial charge < -0.3 is 10.2 Å². The maximum atomic E-state index is 12.9. The zero-order valence-corrected chi connectivity index (χ0v) is 17.3. The van der Waals surface area contributed by atoms with Crippen molar-refractivity contribution in [2.45, 2.75) is 32.1 Å². The topological polar surface area (TPSA) is 86.8 Å². The smallest absolute Gasteiger partial charge is 0.226 e. The number of benzene rings is 1. The molecule has 1 amide bonds. The van der Waals surface area contributed by atoms with Gasteiger partial charge in [0.2, 0.25) is 5.91 Å². The summed E-state index contributed by atoms with van der Waals surface area (Å²) in [5.41, 5.74) is 3.30. The van der Waals surface area contributed by atoms with Crippen LogP contribution in [0.4, 0.5) is 11.5 Å². The number of nitrogens with one attached hydrogen (secondary N) is 2. The summed E-state index contributed by atoms with van der Waals surface area (Å²) in [6, 6.07) is 6.11. The fourth-order valence-corrected chi connectivity index (χ4v) is 6.04. The van der Waals surface area contributed by atoms with Crippen LogP contribution in [0.3, 0.4) is 0 Å². The van der Waals surface area contributed by atoms with E-state index >= 15 is 0 Å². The first kappa shape index (κ1) is 17.8. The van der Waals surface area contributed by atoms with E-state index in [0.717, 1.165) is 77.8 Å². The van der Waals surface area contributed by atoms with Crippen molar-refractivity contribution >= 4 is 49.9 Å². The van der Waals surface area contributed by atoms with Gasteiger partial charge in [-0.15, -0.1) is 11.3 Å². The number of rotatable bonds is 3. The van der Waals surface area contributed by atoms with Crippen molar-refractivity contribution in [2.75, 3.05) is 18.4 Å². The predicted molar refractivity (Wildman–Crippen MR) is 118 cm³/mol. The number of hydrogen-bond donors (Lipinski definition) is 2. The molecule has 1 saturated heterocycles. The van der Waals surface area contributed by atoms with Crippen molar-refractivity contribution in [1.29, 1.82) is 0 Å². The number of aryl methyl sites for hydroxylation is 1. The SMILES string of the molecule is O=C(C1CCc2c(sc3ncnc(Nc4ccc5[nH]ncc5c4)c23)C1)N1CCCC1. The van der Waals surface area contributed by atoms with Crippen LogP contribution in [0.1, 0.15) is 29.7 Å². The van der Waals surface area contributed by atoms with Crippen LogP contribution < -0.4 is 5.32 Å². The second-order valence-electron chi connectivity index (χ2n) is 8.18. The molecule has 1 aromatic carbocycles. The molecule has 1 unspecified atom stereocenters. The highest BCUT2D eigenvalue weighted by atomic mass is 32.1. The van der Waals surface area contributed by atoms with Crippen LogP contribution in [0.25, 0.3) is 21.1 Å². The first-order valence-electron chi connectivity index (χ1n) is 10.5. The third kappa shape index (κ3) is 2.94. The number of thiophene rings is 1. The summed E-state index contributed by atoms with van der Waals surface area (Å²) < 4.78 is 0. The molecule has 0 spiro atoms. The number of carbonyl (C=O) groups excluding carboxylic acids is 1. The monoisotopic (exact) mass is 418 g/mol. The molecule has 0 radical (unpaired) electrons. The molecule has 1 aliphatic carbocycles. The van der Waals surface area contributed by atoms with E-state index in [1.54, 1.807) is 17.7 Å². The molecule has 0 saturated carbocycles. The highest BCUT2D eigenvalue weighted by Gasteiger charge is 2.32. The number of nitrogens with zero attached hydrogens (tertiary/aromatic N) is 4. The minimum Gasteiger partial charge on any atom is -0.342 e. The molecule has 0 bridgehead atoms. The van der Waals surface area contributed by atoms with Gasteiger partial charge >= 0.3 is 0 Å². The predicted octanol–water partition coefficient (Wildman–Crippen LogP) is 4.04. The van der Waals surface area contributed by atoms with Gasteiger partial charge in [0.05, 0.1) is 17.1 Å². The van der Waals surface area contributed by atoms with Gasteiger partial charge in [-0.05, 0) is 55.9 Å². The van der Waals surface area contributed by atoms with Crippen molar-refractivity contribution in [3.8, 4) is 0 Å². The number of hydrogen-bond acceptors (Lipinski definition) is 6. The first-order valence-corrected chi connectivity index (χ1v) is 11.3. The van der Waals surface area contributed by atoms with Crippen molar-refractivity contribution in [1.82, 2.24) is 25.1 Å². The Hall–Kier alpha value is -3.00. The van der Waals surface area contributed by atoms with Crippen molar-refractivity contribution < 1.29 is 4.79 Å². The first-order chi connectivity index (χ1) is 14.8. The summed E-state index contributed by atoms with van der Waals surface area (Å²) in [7, 11) is 0. The Morgan fingerprint density at radius 1 is 1.23 bits per heavy atom. The van der Waals surface area contributed by atoms with E-state index in [9.17, 15) is 4.79 Å². The second-order valence-corrected chi connectivity index (χ2v) is 9.26. The number of likely N-dealkylation sites (tertiary alicyclic amines) is 1. The third-order valence-electron chi connectivity index (χ3n) is 6.32. The second kappa shape index (κ2) is 7.05. The van der Waals surface area contributed by atoms with Crippen molar-refractivity contribution in [3.63, 3.8) is 0 Å². The summed E-state index contributed by atoms with van der Waals surface area (Å²) in [5.74, 6) is 1.29. The summed E-state index contributed by atoms with van der Waals surface area (Å²) in [5, 5.41) is 12.7. The van der Waals surface area contributed by atoms with Gasteiger partial charge in [-0.25, -0.2) is 9.97 Å². The van der Waals surface area contributed by atoms with Crippen LogP contribution >= 0.6 is 11.3 Å². The molecule has 4 heterocycles.